The molecule has 116 valence electrons. The Labute approximate surface area is 126 Å². The van der Waals surface area contributed by atoms with Gasteiger partial charge in [-0.25, -0.2) is 0 Å². The molecule has 1 fully saturated rings. The normalized spacial score (nSPS) is 20.2. The first-order chi connectivity index (χ1) is 10.3. The van der Waals surface area contributed by atoms with Gasteiger partial charge < -0.3 is 19.3 Å². The Morgan fingerprint density at radius 2 is 1.86 bits per heavy atom. The standard InChI is InChI=1S/C17H24O4/c18-15(12-19-11-13-4-2-1-3-5-13)14-6-7-16-17(10-14)21-9-8-20-16/h6-7,10,13,15,18H,1-5,8-9,11-12H2. The number of benzene rings is 1. The molecule has 1 atom stereocenters. The Balaban J connectivity index is 1.49. The maximum atomic E-state index is 10.2. The number of ether oxygens (including phenoxy) is 3. The highest BCUT2D eigenvalue weighted by Gasteiger charge is 2.17. The Morgan fingerprint density at radius 3 is 2.67 bits per heavy atom. The molecule has 0 spiro atoms. The van der Waals surface area contributed by atoms with Gasteiger partial charge in [-0.1, -0.05) is 25.3 Å². The number of rotatable bonds is 5. The van der Waals surface area contributed by atoms with Crippen molar-refractivity contribution >= 4 is 0 Å². The molecule has 0 aromatic heterocycles. The van der Waals surface area contributed by atoms with Crippen molar-refractivity contribution in [2.24, 2.45) is 5.92 Å². The van der Waals surface area contributed by atoms with E-state index in [1.54, 1.807) is 0 Å². The smallest absolute Gasteiger partial charge is 0.161 e. The van der Waals surface area contributed by atoms with Gasteiger partial charge in [-0.15, -0.1) is 0 Å². The topological polar surface area (TPSA) is 47.9 Å². The van der Waals surface area contributed by atoms with E-state index >= 15 is 0 Å². The summed E-state index contributed by atoms with van der Waals surface area (Å²) < 4.78 is 16.7. The second-order valence-corrected chi connectivity index (χ2v) is 5.96. The van der Waals surface area contributed by atoms with Crippen LogP contribution in [0.3, 0.4) is 0 Å². The number of hydrogen-bond acceptors (Lipinski definition) is 4. The van der Waals surface area contributed by atoms with E-state index in [1.807, 2.05) is 18.2 Å². The number of aliphatic hydroxyl groups excluding tert-OH is 1. The fraction of sp³-hybridized carbons (Fsp3) is 0.647. The molecule has 0 saturated heterocycles. The average Bonchev–Trinajstić information content (AvgIpc) is 2.55. The molecule has 4 heteroatoms. The van der Waals surface area contributed by atoms with Gasteiger partial charge in [0, 0.05) is 6.61 Å². The summed E-state index contributed by atoms with van der Waals surface area (Å²) >= 11 is 0. The van der Waals surface area contributed by atoms with Crippen LogP contribution in [-0.4, -0.2) is 31.5 Å². The lowest BCUT2D eigenvalue weighted by molar-refractivity contribution is 0.0144. The van der Waals surface area contributed by atoms with Crippen LogP contribution in [0.15, 0.2) is 18.2 Å². The van der Waals surface area contributed by atoms with E-state index in [9.17, 15) is 5.11 Å². The van der Waals surface area contributed by atoms with Crippen molar-refractivity contribution in [3.05, 3.63) is 23.8 Å². The first-order valence-corrected chi connectivity index (χ1v) is 7.98. The second-order valence-electron chi connectivity index (χ2n) is 5.96. The van der Waals surface area contributed by atoms with Crippen molar-refractivity contribution in [2.75, 3.05) is 26.4 Å². The first-order valence-electron chi connectivity index (χ1n) is 7.98. The third-order valence-electron chi connectivity index (χ3n) is 4.31. The SMILES string of the molecule is OC(COCC1CCCCC1)c1ccc2c(c1)OCCO2. The second kappa shape index (κ2) is 7.14. The molecule has 21 heavy (non-hydrogen) atoms. The van der Waals surface area contributed by atoms with Gasteiger partial charge in [0.25, 0.3) is 0 Å². The zero-order valence-electron chi connectivity index (χ0n) is 12.4. The van der Waals surface area contributed by atoms with E-state index in [2.05, 4.69) is 0 Å². The van der Waals surface area contributed by atoms with Crippen molar-refractivity contribution in [3.63, 3.8) is 0 Å². The molecule has 3 rings (SSSR count). The molecular formula is C17H24O4. The summed E-state index contributed by atoms with van der Waals surface area (Å²) in [6.07, 6.45) is 5.91. The third kappa shape index (κ3) is 3.89. The summed E-state index contributed by atoms with van der Waals surface area (Å²) in [5.74, 6) is 2.14. The van der Waals surface area contributed by atoms with E-state index in [-0.39, 0.29) is 0 Å². The van der Waals surface area contributed by atoms with E-state index in [1.165, 1.54) is 32.1 Å². The predicted molar refractivity (Wildman–Crippen MR) is 79.8 cm³/mol. The molecule has 1 unspecified atom stereocenters. The summed E-state index contributed by atoms with van der Waals surface area (Å²) in [4.78, 5) is 0. The van der Waals surface area contributed by atoms with Crippen LogP contribution in [0.5, 0.6) is 11.5 Å². The molecule has 0 bridgehead atoms. The highest BCUT2D eigenvalue weighted by Crippen LogP contribution is 2.32. The molecule has 0 radical (unpaired) electrons. The molecule has 4 nitrogen and oxygen atoms in total. The Hall–Kier alpha value is -1.26. The maximum Gasteiger partial charge on any atom is 0.161 e. The summed E-state index contributed by atoms with van der Waals surface area (Å²) in [6.45, 7) is 2.25. The zero-order chi connectivity index (χ0) is 14.5. The molecule has 1 aliphatic heterocycles. The van der Waals surface area contributed by atoms with E-state index in [4.69, 9.17) is 14.2 Å². The van der Waals surface area contributed by atoms with E-state index in [0.717, 1.165) is 17.9 Å². The monoisotopic (exact) mass is 292 g/mol. The first kappa shape index (κ1) is 14.7. The van der Waals surface area contributed by atoms with Gasteiger partial charge in [-0.05, 0) is 36.5 Å². The van der Waals surface area contributed by atoms with Gasteiger partial charge in [0.15, 0.2) is 11.5 Å². The van der Waals surface area contributed by atoms with Crippen LogP contribution >= 0.6 is 0 Å². The fourth-order valence-electron chi connectivity index (χ4n) is 3.06. The van der Waals surface area contributed by atoms with Crippen molar-refractivity contribution in [1.29, 1.82) is 0 Å². The third-order valence-corrected chi connectivity index (χ3v) is 4.31. The zero-order valence-corrected chi connectivity index (χ0v) is 12.4. The molecule has 1 heterocycles. The number of fused-ring (bicyclic) bond motifs is 1. The lowest BCUT2D eigenvalue weighted by Gasteiger charge is -2.23. The van der Waals surface area contributed by atoms with Crippen molar-refractivity contribution < 1.29 is 19.3 Å². The lowest BCUT2D eigenvalue weighted by atomic mass is 9.90. The number of aliphatic hydroxyl groups is 1. The minimum Gasteiger partial charge on any atom is -0.486 e. The highest BCUT2D eigenvalue weighted by atomic mass is 16.6. The van der Waals surface area contributed by atoms with Crippen molar-refractivity contribution in [3.8, 4) is 11.5 Å². The van der Waals surface area contributed by atoms with Crippen LogP contribution in [0.2, 0.25) is 0 Å². The van der Waals surface area contributed by atoms with Crippen LogP contribution in [0.4, 0.5) is 0 Å². The average molecular weight is 292 g/mol. The predicted octanol–water partition coefficient (Wildman–Crippen LogP) is 3.09. The van der Waals surface area contributed by atoms with Crippen molar-refractivity contribution in [2.45, 2.75) is 38.2 Å². The summed E-state index contributed by atoms with van der Waals surface area (Å²) in [5, 5.41) is 10.2. The lowest BCUT2D eigenvalue weighted by Crippen LogP contribution is -2.17. The largest absolute Gasteiger partial charge is 0.486 e. The van der Waals surface area contributed by atoms with Crippen LogP contribution in [0.1, 0.15) is 43.8 Å². The Kier molecular flexibility index (Phi) is 4.99. The molecule has 1 saturated carbocycles. The fourth-order valence-corrected chi connectivity index (χ4v) is 3.06. The molecular weight excluding hydrogens is 268 g/mol. The Bertz CT molecular complexity index is 454. The van der Waals surface area contributed by atoms with E-state index in [0.29, 0.717) is 31.5 Å². The van der Waals surface area contributed by atoms with Crippen molar-refractivity contribution in [1.82, 2.24) is 0 Å². The molecule has 1 aromatic carbocycles. The minimum absolute atomic E-state index is 0.343. The van der Waals surface area contributed by atoms with Crippen LogP contribution in [0.25, 0.3) is 0 Å². The Morgan fingerprint density at radius 1 is 1.10 bits per heavy atom. The van der Waals surface area contributed by atoms with Crippen LogP contribution in [-0.2, 0) is 4.74 Å². The minimum atomic E-state index is -0.607. The van der Waals surface area contributed by atoms with Crippen LogP contribution in [0, 0.1) is 5.92 Å². The molecule has 0 amide bonds. The highest BCUT2D eigenvalue weighted by molar-refractivity contribution is 5.44. The van der Waals surface area contributed by atoms with Crippen LogP contribution < -0.4 is 9.47 Å². The summed E-state index contributed by atoms with van der Waals surface area (Å²) in [7, 11) is 0. The molecule has 1 aromatic rings. The van der Waals surface area contributed by atoms with Gasteiger partial charge in [-0.2, -0.15) is 0 Å². The van der Waals surface area contributed by atoms with Gasteiger partial charge in [-0.3, -0.25) is 0 Å². The molecule has 2 aliphatic rings. The van der Waals surface area contributed by atoms with Gasteiger partial charge in [0.1, 0.15) is 19.3 Å². The van der Waals surface area contributed by atoms with Gasteiger partial charge in [0.05, 0.1) is 6.61 Å². The van der Waals surface area contributed by atoms with E-state index < -0.39 is 6.10 Å². The number of hydrogen-bond donors (Lipinski definition) is 1. The maximum absolute atomic E-state index is 10.2. The summed E-state index contributed by atoms with van der Waals surface area (Å²) in [5.41, 5.74) is 0.822. The van der Waals surface area contributed by atoms with Gasteiger partial charge in [0.2, 0.25) is 0 Å². The summed E-state index contributed by atoms with van der Waals surface area (Å²) in [6, 6.07) is 5.58. The van der Waals surface area contributed by atoms with Gasteiger partial charge >= 0.3 is 0 Å². The quantitative estimate of drug-likeness (QED) is 0.906. The molecule has 1 aliphatic carbocycles. The molecule has 1 N–H and O–H groups in total.